The molecule has 0 radical (unpaired) electrons. The van der Waals surface area contributed by atoms with E-state index in [1.165, 1.54) is 0 Å². The summed E-state index contributed by atoms with van der Waals surface area (Å²) in [5.74, 6) is 0.389. The molecule has 0 aromatic heterocycles. The first-order valence-corrected chi connectivity index (χ1v) is 3.74. The van der Waals surface area contributed by atoms with Crippen LogP contribution in [-0.2, 0) is 4.79 Å². The Morgan fingerprint density at radius 2 is 2.30 bits per heavy atom. The van der Waals surface area contributed by atoms with E-state index in [0.717, 1.165) is 19.1 Å². The standard InChI is InChI=1S/C8H15NO/c1-3-4-7(2)5-8(10)6-9/h6-7,9H,3-5H2,1-2H3. The van der Waals surface area contributed by atoms with Gasteiger partial charge in [-0.2, -0.15) is 0 Å². The summed E-state index contributed by atoms with van der Waals surface area (Å²) in [6.45, 7) is 4.15. The normalized spacial score (nSPS) is 12.6. The van der Waals surface area contributed by atoms with Crippen LogP contribution in [0.4, 0.5) is 0 Å². The first-order chi connectivity index (χ1) is 4.70. The third-order valence-corrected chi connectivity index (χ3v) is 1.49. The number of hydrogen-bond acceptors (Lipinski definition) is 2. The van der Waals surface area contributed by atoms with Crippen LogP contribution in [0.3, 0.4) is 0 Å². The summed E-state index contributed by atoms with van der Waals surface area (Å²) in [5.41, 5.74) is 0. The molecule has 0 rings (SSSR count). The molecule has 1 atom stereocenters. The van der Waals surface area contributed by atoms with E-state index in [4.69, 9.17) is 5.41 Å². The molecule has 2 nitrogen and oxygen atoms in total. The number of nitrogens with one attached hydrogen (secondary N) is 1. The van der Waals surface area contributed by atoms with Gasteiger partial charge < -0.3 is 5.41 Å². The highest BCUT2D eigenvalue weighted by atomic mass is 16.1. The van der Waals surface area contributed by atoms with Gasteiger partial charge in [0.1, 0.15) is 0 Å². The number of ketones is 1. The minimum Gasteiger partial charge on any atom is -0.305 e. The fourth-order valence-electron chi connectivity index (χ4n) is 0.997. The first kappa shape index (κ1) is 9.34. The van der Waals surface area contributed by atoms with Crippen molar-refractivity contribution in [2.75, 3.05) is 0 Å². The maximum absolute atomic E-state index is 10.7. The molecular formula is C8H15NO. The summed E-state index contributed by atoms with van der Waals surface area (Å²) in [4.78, 5) is 10.7. The molecule has 58 valence electrons. The predicted molar refractivity (Wildman–Crippen MR) is 42.5 cm³/mol. The second-order valence-electron chi connectivity index (χ2n) is 2.71. The number of hydrogen-bond donors (Lipinski definition) is 1. The SMILES string of the molecule is CCCC(C)CC(=O)C=N. The molecule has 1 N–H and O–H groups in total. The maximum atomic E-state index is 10.7. The topological polar surface area (TPSA) is 40.9 Å². The minimum absolute atomic E-state index is 0.0547. The van der Waals surface area contributed by atoms with E-state index in [1.54, 1.807) is 0 Å². The van der Waals surface area contributed by atoms with Gasteiger partial charge in [0.05, 0.1) is 6.21 Å². The molecule has 0 aliphatic rings. The Morgan fingerprint density at radius 3 is 2.70 bits per heavy atom. The van der Waals surface area contributed by atoms with Crippen molar-refractivity contribution in [3.05, 3.63) is 0 Å². The van der Waals surface area contributed by atoms with Crippen molar-refractivity contribution >= 4 is 12.0 Å². The number of Topliss-reactive ketones (excluding diaryl/α,β-unsaturated/α-hetero) is 1. The van der Waals surface area contributed by atoms with Gasteiger partial charge in [-0.3, -0.25) is 4.79 Å². The van der Waals surface area contributed by atoms with Gasteiger partial charge in [0.25, 0.3) is 0 Å². The lowest BCUT2D eigenvalue weighted by Gasteiger charge is -2.04. The van der Waals surface area contributed by atoms with Crippen molar-refractivity contribution in [1.82, 2.24) is 0 Å². The first-order valence-electron chi connectivity index (χ1n) is 3.74. The van der Waals surface area contributed by atoms with E-state index in [-0.39, 0.29) is 5.78 Å². The van der Waals surface area contributed by atoms with Crippen molar-refractivity contribution < 1.29 is 4.79 Å². The van der Waals surface area contributed by atoms with Gasteiger partial charge in [0.15, 0.2) is 5.78 Å². The Hall–Kier alpha value is -0.660. The van der Waals surface area contributed by atoms with Crippen LogP contribution in [0.2, 0.25) is 0 Å². The monoisotopic (exact) mass is 141 g/mol. The van der Waals surface area contributed by atoms with Crippen molar-refractivity contribution in [1.29, 1.82) is 5.41 Å². The van der Waals surface area contributed by atoms with Crippen LogP contribution in [0, 0.1) is 11.3 Å². The molecule has 0 aliphatic carbocycles. The Balaban J connectivity index is 3.46. The zero-order chi connectivity index (χ0) is 7.98. The Bertz CT molecular complexity index is 120. The Morgan fingerprint density at radius 1 is 1.70 bits per heavy atom. The van der Waals surface area contributed by atoms with Crippen LogP contribution in [0.15, 0.2) is 0 Å². The molecule has 2 heteroatoms. The lowest BCUT2D eigenvalue weighted by molar-refractivity contribution is -0.113. The van der Waals surface area contributed by atoms with Gasteiger partial charge in [-0.05, 0) is 5.92 Å². The van der Waals surface area contributed by atoms with Crippen LogP contribution in [0.5, 0.6) is 0 Å². The van der Waals surface area contributed by atoms with Crippen LogP contribution >= 0.6 is 0 Å². The molecule has 0 aromatic carbocycles. The summed E-state index contributed by atoms with van der Waals surface area (Å²) in [6.07, 6.45) is 3.65. The van der Waals surface area contributed by atoms with E-state index >= 15 is 0 Å². The van der Waals surface area contributed by atoms with E-state index in [1.807, 2.05) is 6.92 Å². The third kappa shape index (κ3) is 4.24. The maximum Gasteiger partial charge on any atom is 0.173 e. The summed E-state index contributed by atoms with van der Waals surface area (Å²) < 4.78 is 0. The summed E-state index contributed by atoms with van der Waals surface area (Å²) in [5, 5.41) is 6.66. The number of rotatable bonds is 5. The molecule has 0 aliphatic heterocycles. The molecule has 10 heavy (non-hydrogen) atoms. The van der Waals surface area contributed by atoms with E-state index in [9.17, 15) is 4.79 Å². The lowest BCUT2D eigenvalue weighted by atomic mass is 10.0. The van der Waals surface area contributed by atoms with Gasteiger partial charge in [0, 0.05) is 6.42 Å². The van der Waals surface area contributed by atoms with Crippen molar-refractivity contribution in [2.24, 2.45) is 5.92 Å². The van der Waals surface area contributed by atoms with Gasteiger partial charge in [-0.1, -0.05) is 26.7 Å². The van der Waals surface area contributed by atoms with Gasteiger partial charge in [-0.15, -0.1) is 0 Å². The molecule has 0 saturated carbocycles. The van der Waals surface area contributed by atoms with Gasteiger partial charge >= 0.3 is 0 Å². The third-order valence-electron chi connectivity index (χ3n) is 1.49. The smallest absolute Gasteiger partial charge is 0.173 e. The number of carbonyl (C=O) groups excluding carboxylic acids is 1. The molecular weight excluding hydrogens is 126 g/mol. The quantitative estimate of drug-likeness (QED) is 0.585. The van der Waals surface area contributed by atoms with Crippen LogP contribution in [-0.4, -0.2) is 12.0 Å². The van der Waals surface area contributed by atoms with Crippen molar-refractivity contribution in [3.63, 3.8) is 0 Å². The zero-order valence-corrected chi connectivity index (χ0v) is 6.68. The van der Waals surface area contributed by atoms with E-state index in [2.05, 4.69) is 6.92 Å². The second kappa shape index (κ2) is 5.15. The zero-order valence-electron chi connectivity index (χ0n) is 6.68. The second-order valence-corrected chi connectivity index (χ2v) is 2.71. The van der Waals surface area contributed by atoms with Crippen LogP contribution in [0.25, 0.3) is 0 Å². The van der Waals surface area contributed by atoms with Crippen LogP contribution < -0.4 is 0 Å². The van der Waals surface area contributed by atoms with Crippen molar-refractivity contribution in [3.8, 4) is 0 Å². The van der Waals surface area contributed by atoms with Crippen LogP contribution in [0.1, 0.15) is 33.1 Å². The minimum atomic E-state index is -0.0547. The fraction of sp³-hybridized carbons (Fsp3) is 0.750. The molecule has 0 amide bonds. The van der Waals surface area contributed by atoms with Gasteiger partial charge in [0.2, 0.25) is 0 Å². The largest absolute Gasteiger partial charge is 0.305 e. The van der Waals surface area contributed by atoms with Gasteiger partial charge in [-0.25, -0.2) is 0 Å². The molecule has 0 aromatic rings. The lowest BCUT2D eigenvalue weighted by Crippen LogP contribution is -2.05. The predicted octanol–water partition coefficient (Wildman–Crippen LogP) is 2.03. The Labute approximate surface area is 62.1 Å². The average molecular weight is 141 g/mol. The summed E-state index contributed by atoms with van der Waals surface area (Å²) in [7, 11) is 0. The molecule has 0 bridgehead atoms. The molecule has 1 unspecified atom stereocenters. The Kier molecular flexibility index (Phi) is 4.81. The summed E-state index contributed by atoms with van der Waals surface area (Å²) >= 11 is 0. The highest BCUT2D eigenvalue weighted by molar-refractivity contribution is 6.26. The van der Waals surface area contributed by atoms with E-state index < -0.39 is 0 Å². The number of carbonyl (C=O) groups is 1. The fourth-order valence-corrected chi connectivity index (χ4v) is 0.997. The molecule has 0 heterocycles. The van der Waals surface area contributed by atoms with Crippen molar-refractivity contribution in [2.45, 2.75) is 33.1 Å². The highest BCUT2D eigenvalue weighted by Crippen LogP contribution is 2.08. The molecule has 0 saturated heterocycles. The highest BCUT2D eigenvalue weighted by Gasteiger charge is 2.04. The average Bonchev–Trinajstić information content (AvgIpc) is 1.88. The molecule has 0 fully saturated rings. The summed E-state index contributed by atoms with van der Waals surface area (Å²) in [6, 6.07) is 0. The molecule has 0 spiro atoms. The van der Waals surface area contributed by atoms with E-state index in [0.29, 0.717) is 12.3 Å².